The van der Waals surface area contributed by atoms with Gasteiger partial charge in [-0.1, -0.05) is 23.8 Å². The highest BCUT2D eigenvalue weighted by Crippen LogP contribution is 2.24. The fourth-order valence-electron chi connectivity index (χ4n) is 3.21. The van der Waals surface area contributed by atoms with Gasteiger partial charge in [-0.05, 0) is 62.6 Å². The molecule has 2 aromatic rings. The number of carbonyl (C=O) groups excluding carboxylic acids is 1. The standard InChI is InChI=1S/C20H24N2O3S/c1-14(2)21-26(24,25)19-8-7-16-9-10-22(13-18(16)12-19)20(23)17-6-4-5-15(3)11-17/h4-8,11-12,14,21H,9-10,13H2,1-3H3. The molecule has 0 unspecified atom stereocenters. The molecule has 2 aromatic carbocycles. The van der Waals surface area contributed by atoms with Crippen LogP contribution in [0.15, 0.2) is 47.4 Å². The van der Waals surface area contributed by atoms with Gasteiger partial charge in [0.15, 0.2) is 0 Å². The third-order valence-corrected chi connectivity index (χ3v) is 6.10. The molecule has 0 atom stereocenters. The van der Waals surface area contributed by atoms with Gasteiger partial charge in [0, 0.05) is 24.7 Å². The monoisotopic (exact) mass is 372 g/mol. The molecule has 6 heteroatoms. The summed E-state index contributed by atoms with van der Waals surface area (Å²) in [5, 5.41) is 0. The van der Waals surface area contributed by atoms with E-state index in [-0.39, 0.29) is 16.8 Å². The highest BCUT2D eigenvalue weighted by molar-refractivity contribution is 7.89. The lowest BCUT2D eigenvalue weighted by Gasteiger charge is -2.29. The molecule has 1 amide bonds. The van der Waals surface area contributed by atoms with Crippen molar-refractivity contribution in [1.82, 2.24) is 9.62 Å². The zero-order valence-corrected chi connectivity index (χ0v) is 16.1. The lowest BCUT2D eigenvalue weighted by Crippen LogP contribution is -2.36. The first-order chi connectivity index (χ1) is 12.3. The molecule has 0 aliphatic carbocycles. The SMILES string of the molecule is Cc1cccc(C(=O)N2CCc3ccc(S(=O)(=O)NC(C)C)cc3C2)c1. The van der Waals surface area contributed by atoms with Gasteiger partial charge in [-0.2, -0.15) is 0 Å². The number of amides is 1. The Morgan fingerprint density at radius 2 is 1.88 bits per heavy atom. The number of nitrogens with one attached hydrogen (secondary N) is 1. The molecular formula is C20H24N2O3S. The summed E-state index contributed by atoms with van der Waals surface area (Å²) in [6.45, 7) is 6.60. The molecule has 138 valence electrons. The molecule has 0 bridgehead atoms. The lowest BCUT2D eigenvalue weighted by molar-refractivity contribution is 0.0734. The van der Waals surface area contributed by atoms with Crippen molar-refractivity contribution in [2.24, 2.45) is 0 Å². The summed E-state index contributed by atoms with van der Waals surface area (Å²) in [7, 11) is -3.54. The Kier molecular flexibility index (Phi) is 5.16. The second kappa shape index (κ2) is 7.21. The number of benzene rings is 2. The highest BCUT2D eigenvalue weighted by atomic mass is 32.2. The van der Waals surface area contributed by atoms with Crippen LogP contribution in [0.3, 0.4) is 0 Å². The van der Waals surface area contributed by atoms with Gasteiger partial charge in [0.05, 0.1) is 4.90 Å². The maximum Gasteiger partial charge on any atom is 0.254 e. The largest absolute Gasteiger partial charge is 0.334 e. The van der Waals surface area contributed by atoms with Crippen LogP contribution in [-0.2, 0) is 23.0 Å². The van der Waals surface area contributed by atoms with Crippen LogP contribution >= 0.6 is 0 Å². The molecule has 0 radical (unpaired) electrons. The molecule has 3 rings (SSSR count). The molecule has 0 saturated carbocycles. The van der Waals surface area contributed by atoms with Crippen molar-refractivity contribution in [2.45, 2.75) is 44.7 Å². The van der Waals surface area contributed by atoms with E-state index in [1.165, 1.54) is 0 Å². The summed E-state index contributed by atoms with van der Waals surface area (Å²) in [5.74, 6) is -0.0204. The Balaban J connectivity index is 1.85. The maximum absolute atomic E-state index is 12.8. The van der Waals surface area contributed by atoms with E-state index >= 15 is 0 Å². The molecule has 0 aromatic heterocycles. The molecule has 0 spiro atoms. The fourth-order valence-corrected chi connectivity index (χ4v) is 4.51. The molecule has 1 N–H and O–H groups in total. The van der Waals surface area contributed by atoms with Gasteiger partial charge >= 0.3 is 0 Å². The van der Waals surface area contributed by atoms with Crippen molar-refractivity contribution in [3.05, 3.63) is 64.7 Å². The van der Waals surface area contributed by atoms with Crippen LogP contribution in [0, 0.1) is 6.92 Å². The van der Waals surface area contributed by atoms with Crippen LogP contribution in [0.4, 0.5) is 0 Å². The second-order valence-corrected chi connectivity index (χ2v) is 8.77. The Bertz CT molecular complexity index is 936. The van der Waals surface area contributed by atoms with Crippen LogP contribution in [0.2, 0.25) is 0 Å². The van der Waals surface area contributed by atoms with Gasteiger partial charge in [0.25, 0.3) is 5.91 Å². The van der Waals surface area contributed by atoms with Gasteiger partial charge in [-0.25, -0.2) is 13.1 Å². The highest BCUT2D eigenvalue weighted by Gasteiger charge is 2.24. The zero-order valence-electron chi connectivity index (χ0n) is 15.3. The van der Waals surface area contributed by atoms with Crippen LogP contribution in [-0.4, -0.2) is 31.8 Å². The van der Waals surface area contributed by atoms with E-state index in [1.807, 2.05) is 37.3 Å². The summed E-state index contributed by atoms with van der Waals surface area (Å²) in [6, 6.07) is 12.6. The van der Waals surface area contributed by atoms with Crippen LogP contribution in [0.5, 0.6) is 0 Å². The van der Waals surface area contributed by atoms with E-state index in [1.54, 1.807) is 30.9 Å². The normalized spacial score (nSPS) is 14.4. The first-order valence-corrected chi connectivity index (χ1v) is 10.2. The molecule has 1 aliphatic rings. The number of sulfonamides is 1. The van der Waals surface area contributed by atoms with Gasteiger partial charge in [-0.3, -0.25) is 4.79 Å². The third-order valence-electron chi connectivity index (χ3n) is 4.44. The minimum Gasteiger partial charge on any atom is -0.334 e. The first kappa shape index (κ1) is 18.6. The van der Waals surface area contributed by atoms with E-state index in [0.717, 1.165) is 23.1 Å². The third kappa shape index (κ3) is 3.97. The van der Waals surface area contributed by atoms with E-state index in [0.29, 0.717) is 18.7 Å². The summed E-state index contributed by atoms with van der Waals surface area (Å²) in [4.78, 5) is 14.8. The minimum absolute atomic E-state index is 0.0204. The van der Waals surface area contributed by atoms with E-state index in [2.05, 4.69) is 4.72 Å². The first-order valence-electron chi connectivity index (χ1n) is 8.76. The Morgan fingerprint density at radius 3 is 2.58 bits per heavy atom. The predicted molar refractivity (Wildman–Crippen MR) is 102 cm³/mol. The second-order valence-electron chi connectivity index (χ2n) is 7.05. The van der Waals surface area contributed by atoms with Gasteiger partial charge in [0.1, 0.15) is 0 Å². The number of rotatable bonds is 4. The van der Waals surface area contributed by atoms with Gasteiger partial charge < -0.3 is 4.90 Å². The summed E-state index contributed by atoms with van der Waals surface area (Å²) in [5.41, 5.74) is 3.70. The number of fused-ring (bicyclic) bond motifs is 1. The molecule has 5 nitrogen and oxygen atoms in total. The van der Waals surface area contributed by atoms with Crippen LogP contribution in [0.1, 0.15) is 40.9 Å². The lowest BCUT2D eigenvalue weighted by atomic mass is 9.99. The minimum atomic E-state index is -3.54. The van der Waals surface area contributed by atoms with Crippen molar-refractivity contribution in [1.29, 1.82) is 0 Å². The van der Waals surface area contributed by atoms with E-state index in [4.69, 9.17) is 0 Å². The molecule has 1 heterocycles. The number of carbonyl (C=O) groups is 1. The average molecular weight is 372 g/mol. The van der Waals surface area contributed by atoms with Crippen molar-refractivity contribution >= 4 is 15.9 Å². The smallest absolute Gasteiger partial charge is 0.254 e. The van der Waals surface area contributed by atoms with Crippen LogP contribution < -0.4 is 4.72 Å². The van der Waals surface area contributed by atoms with Crippen molar-refractivity contribution in [3.63, 3.8) is 0 Å². The number of aryl methyl sites for hydroxylation is 1. The molecule has 0 fully saturated rings. The molecule has 1 aliphatic heterocycles. The summed E-state index contributed by atoms with van der Waals surface area (Å²) < 4.78 is 27.4. The number of hydrogen-bond acceptors (Lipinski definition) is 3. The Hall–Kier alpha value is -2.18. The topological polar surface area (TPSA) is 66.5 Å². The fraction of sp³-hybridized carbons (Fsp3) is 0.350. The van der Waals surface area contributed by atoms with Gasteiger partial charge in [0.2, 0.25) is 10.0 Å². The number of hydrogen-bond donors (Lipinski definition) is 1. The molecule has 26 heavy (non-hydrogen) atoms. The zero-order chi connectivity index (χ0) is 18.9. The van der Waals surface area contributed by atoms with E-state index < -0.39 is 10.0 Å². The van der Waals surface area contributed by atoms with Crippen molar-refractivity contribution in [2.75, 3.05) is 6.54 Å². The van der Waals surface area contributed by atoms with Crippen LogP contribution in [0.25, 0.3) is 0 Å². The van der Waals surface area contributed by atoms with E-state index in [9.17, 15) is 13.2 Å². The molecule has 0 saturated heterocycles. The van der Waals surface area contributed by atoms with Crippen molar-refractivity contribution < 1.29 is 13.2 Å². The van der Waals surface area contributed by atoms with Gasteiger partial charge in [-0.15, -0.1) is 0 Å². The average Bonchev–Trinajstić information content (AvgIpc) is 2.59. The molecular weight excluding hydrogens is 348 g/mol. The quantitative estimate of drug-likeness (QED) is 0.897. The Labute approximate surface area is 155 Å². The number of nitrogens with zero attached hydrogens (tertiary/aromatic N) is 1. The predicted octanol–water partition coefficient (Wildman–Crippen LogP) is 2.88. The summed E-state index contributed by atoms with van der Waals surface area (Å²) >= 11 is 0. The Morgan fingerprint density at radius 1 is 1.12 bits per heavy atom. The summed E-state index contributed by atoms with van der Waals surface area (Å²) in [6.07, 6.45) is 0.727. The van der Waals surface area contributed by atoms with Crippen molar-refractivity contribution in [3.8, 4) is 0 Å². The maximum atomic E-state index is 12.8.